The Labute approximate surface area is 211 Å². The summed E-state index contributed by atoms with van der Waals surface area (Å²) < 4.78 is 1.81. The minimum atomic E-state index is -0.973. The van der Waals surface area contributed by atoms with Gasteiger partial charge in [-0.2, -0.15) is 5.10 Å². The number of hydrogen-bond acceptors (Lipinski definition) is 5. The fourth-order valence-electron chi connectivity index (χ4n) is 4.35. The molecule has 1 aliphatic rings. The number of nitrogens with two attached hydrogens (primary N) is 1. The van der Waals surface area contributed by atoms with Crippen LogP contribution < -0.4 is 16.4 Å². The van der Waals surface area contributed by atoms with E-state index in [0.29, 0.717) is 23.4 Å². The van der Waals surface area contributed by atoms with Crippen LogP contribution in [0.3, 0.4) is 0 Å². The number of benzene rings is 2. The highest BCUT2D eigenvalue weighted by Crippen LogP contribution is 2.25. The highest BCUT2D eigenvalue weighted by atomic mass is 16.4. The maximum Gasteiger partial charge on any atom is 0.326 e. The maximum absolute atomic E-state index is 11.5. The number of aromatic nitrogens is 2. The van der Waals surface area contributed by atoms with E-state index in [1.165, 1.54) is 25.3 Å². The number of carbonyl (C=O) groups is 3. The van der Waals surface area contributed by atoms with Crippen LogP contribution in [0, 0.1) is 5.92 Å². The third kappa shape index (κ3) is 7.14. The van der Waals surface area contributed by atoms with E-state index >= 15 is 0 Å². The summed E-state index contributed by atoms with van der Waals surface area (Å²) in [4.78, 5) is 32.7. The largest absolute Gasteiger partial charge is 0.480 e. The Balaban J connectivity index is 0.000000257. The minimum Gasteiger partial charge on any atom is -0.480 e. The van der Waals surface area contributed by atoms with Gasteiger partial charge >= 0.3 is 5.97 Å². The molecule has 4 rings (SSSR count). The standard InChI is InChI=1S/C19H20N4O.C8H15NO3/c20-19(24)17-5-1-3-15-12-23(22-18(15)17)16-8-6-13(7-9-16)14-4-2-10-21-11-14;1-5(2)4-7(8(11)12)9-6(3)10/h1,3,5-9,12,14,21H,2,4,10-11H2,(H2,20,24);5,7H,4H2,1-3H3,(H,9,10)(H,11,12)/t14-;7-/m10/s1. The molecule has 0 bridgehead atoms. The molecule has 2 heterocycles. The van der Waals surface area contributed by atoms with E-state index in [9.17, 15) is 14.4 Å². The van der Waals surface area contributed by atoms with Gasteiger partial charge in [-0.3, -0.25) is 9.59 Å². The van der Waals surface area contributed by atoms with E-state index in [2.05, 4.69) is 40.0 Å². The number of nitrogens with zero attached hydrogens (tertiary/aromatic N) is 2. The summed E-state index contributed by atoms with van der Waals surface area (Å²) in [6, 6.07) is 13.2. The predicted octanol–water partition coefficient (Wildman–Crippen LogP) is 3.21. The number of aliphatic carboxylic acids is 1. The zero-order valence-electron chi connectivity index (χ0n) is 21.0. The summed E-state index contributed by atoms with van der Waals surface area (Å²) in [6.07, 6.45) is 4.86. The van der Waals surface area contributed by atoms with Crippen molar-refractivity contribution in [2.75, 3.05) is 13.1 Å². The molecule has 0 aliphatic carbocycles. The molecule has 1 saturated heterocycles. The average Bonchev–Trinajstić information content (AvgIpc) is 3.28. The first-order valence-corrected chi connectivity index (χ1v) is 12.2. The Hall–Kier alpha value is -3.72. The van der Waals surface area contributed by atoms with Crippen molar-refractivity contribution in [3.63, 3.8) is 0 Å². The van der Waals surface area contributed by atoms with Crippen molar-refractivity contribution in [3.8, 4) is 5.69 Å². The molecule has 1 aliphatic heterocycles. The van der Waals surface area contributed by atoms with Gasteiger partial charge in [0, 0.05) is 25.1 Å². The van der Waals surface area contributed by atoms with Gasteiger partial charge in [0.15, 0.2) is 0 Å². The quantitative estimate of drug-likeness (QED) is 0.399. The Kier molecular flexibility index (Phi) is 9.19. The van der Waals surface area contributed by atoms with Crippen LogP contribution >= 0.6 is 0 Å². The molecule has 0 unspecified atom stereocenters. The van der Waals surface area contributed by atoms with E-state index in [1.54, 1.807) is 10.7 Å². The average molecular weight is 494 g/mol. The van der Waals surface area contributed by atoms with E-state index < -0.39 is 17.9 Å². The van der Waals surface area contributed by atoms with Crippen molar-refractivity contribution in [3.05, 3.63) is 59.8 Å². The third-order valence-electron chi connectivity index (χ3n) is 6.11. The fourth-order valence-corrected chi connectivity index (χ4v) is 4.35. The van der Waals surface area contributed by atoms with Crippen molar-refractivity contribution in [1.29, 1.82) is 0 Å². The molecule has 9 heteroatoms. The summed E-state index contributed by atoms with van der Waals surface area (Å²) in [7, 11) is 0. The summed E-state index contributed by atoms with van der Waals surface area (Å²) in [6.45, 7) is 7.31. The van der Waals surface area contributed by atoms with Crippen molar-refractivity contribution in [2.45, 2.75) is 52.0 Å². The molecule has 1 fully saturated rings. The van der Waals surface area contributed by atoms with Crippen molar-refractivity contribution in [1.82, 2.24) is 20.4 Å². The van der Waals surface area contributed by atoms with Crippen LogP contribution in [0.15, 0.2) is 48.7 Å². The van der Waals surface area contributed by atoms with Crippen molar-refractivity contribution in [2.24, 2.45) is 11.7 Å². The molecule has 0 saturated carbocycles. The minimum absolute atomic E-state index is 0.262. The monoisotopic (exact) mass is 493 g/mol. The molecular weight excluding hydrogens is 458 g/mol. The van der Waals surface area contributed by atoms with Gasteiger partial charge < -0.3 is 21.5 Å². The highest BCUT2D eigenvalue weighted by Gasteiger charge is 2.19. The number of carboxylic acids is 1. The summed E-state index contributed by atoms with van der Waals surface area (Å²) in [5.74, 6) is -0.878. The van der Waals surface area contributed by atoms with Crippen LogP contribution in [0.2, 0.25) is 0 Å². The Bertz CT molecular complexity index is 1200. The molecule has 0 radical (unpaired) electrons. The molecule has 9 nitrogen and oxygen atoms in total. The number of carbonyl (C=O) groups excluding carboxylic acids is 2. The van der Waals surface area contributed by atoms with Gasteiger partial charge in [0.2, 0.25) is 5.91 Å². The second-order valence-electron chi connectivity index (χ2n) is 9.54. The second kappa shape index (κ2) is 12.3. The van der Waals surface area contributed by atoms with Crippen molar-refractivity contribution >= 4 is 28.7 Å². The van der Waals surface area contributed by atoms with Gasteiger partial charge in [-0.1, -0.05) is 38.1 Å². The van der Waals surface area contributed by atoms with E-state index in [0.717, 1.165) is 24.2 Å². The zero-order chi connectivity index (χ0) is 26.2. The SMILES string of the molecule is CC(=O)N[C@@H](CC(C)C)C(=O)O.NC(=O)c1cccc2cn(-c3ccc([C@@H]4CCCNC4)cc3)nc12. The van der Waals surface area contributed by atoms with Crippen LogP contribution in [0.5, 0.6) is 0 Å². The smallest absolute Gasteiger partial charge is 0.326 e. The van der Waals surface area contributed by atoms with Crippen LogP contribution in [-0.2, 0) is 9.59 Å². The van der Waals surface area contributed by atoms with Crippen LogP contribution in [0.25, 0.3) is 16.6 Å². The van der Waals surface area contributed by atoms with E-state index in [-0.39, 0.29) is 11.8 Å². The molecule has 0 spiro atoms. The number of primary amides is 1. The first kappa shape index (κ1) is 26.9. The fraction of sp³-hybridized carbons (Fsp3) is 0.407. The number of carboxylic acid groups (broad SMARTS) is 1. The van der Waals surface area contributed by atoms with Crippen molar-refractivity contribution < 1.29 is 19.5 Å². The van der Waals surface area contributed by atoms with Crippen LogP contribution in [-0.4, -0.2) is 51.8 Å². The molecule has 2 aromatic carbocycles. The van der Waals surface area contributed by atoms with Gasteiger partial charge in [-0.05, 0) is 61.4 Å². The van der Waals surface area contributed by atoms with Gasteiger partial charge in [-0.15, -0.1) is 0 Å². The molecule has 2 amide bonds. The summed E-state index contributed by atoms with van der Waals surface area (Å²) in [5, 5.41) is 19.9. The Morgan fingerprint density at radius 1 is 1.19 bits per heavy atom. The normalized spacial score (nSPS) is 16.2. The molecular formula is C27H35N5O4. The molecule has 2 atom stereocenters. The Morgan fingerprint density at radius 3 is 2.47 bits per heavy atom. The molecule has 36 heavy (non-hydrogen) atoms. The van der Waals surface area contributed by atoms with Gasteiger partial charge in [0.25, 0.3) is 5.91 Å². The van der Waals surface area contributed by atoms with Crippen LogP contribution in [0.4, 0.5) is 0 Å². The lowest BCUT2D eigenvalue weighted by molar-refractivity contribution is -0.142. The highest BCUT2D eigenvalue weighted by molar-refractivity contribution is 6.04. The van der Waals surface area contributed by atoms with Gasteiger partial charge in [0.1, 0.15) is 11.6 Å². The summed E-state index contributed by atoms with van der Waals surface area (Å²) in [5.41, 5.74) is 8.88. The first-order chi connectivity index (χ1) is 17.2. The lowest BCUT2D eigenvalue weighted by Crippen LogP contribution is -2.40. The molecule has 5 N–H and O–H groups in total. The molecule has 1 aromatic heterocycles. The predicted molar refractivity (Wildman–Crippen MR) is 139 cm³/mol. The number of hydrogen-bond donors (Lipinski definition) is 4. The number of amides is 2. The maximum atomic E-state index is 11.5. The van der Waals surface area contributed by atoms with Gasteiger partial charge in [-0.25, -0.2) is 9.48 Å². The van der Waals surface area contributed by atoms with E-state index in [1.807, 2.05) is 32.2 Å². The summed E-state index contributed by atoms with van der Waals surface area (Å²) >= 11 is 0. The number of fused-ring (bicyclic) bond motifs is 1. The molecule has 192 valence electrons. The number of piperidine rings is 1. The van der Waals surface area contributed by atoms with Crippen LogP contribution in [0.1, 0.15) is 61.9 Å². The van der Waals surface area contributed by atoms with Gasteiger partial charge in [0.05, 0.1) is 11.3 Å². The second-order valence-corrected chi connectivity index (χ2v) is 9.54. The number of nitrogens with one attached hydrogen (secondary N) is 2. The topological polar surface area (TPSA) is 139 Å². The first-order valence-electron chi connectivity index (χ1n) is 12.2. The zero-order valence-corrected chi connectivity index (χ0v) is 21.0. The lowest BCUT2D eigenvalue weighted by Gasteiger charge is -2.23. The number of rotatable bonds is 7. The third-order valence-corrected chi connectivity index (χ3v) is 6.11. The Morgan fingerprint density at radius 2 is 1.92 bits per heavy atom. The lowest BCUT2D eigenvalue weighted by atomic mass is 9.92. The molecule has 3 aromatic rings. The van der Waals surface area contributed by atoms with E-state index in [4.69, 9.17) is 10.8 Å².